The lowest BCUT2D eigenvalue weighted by Gasteiger charge is -2.43. The van der Waals surface area contributed by atoms with Gasteiger partial charge in [0.1, 0.15) is 10.8 Å². The van der Waals surface area contributed by atoms with Gasteiger partial charge in [-0.1, -0.05) is 41.4 Å². The predicted octanol–water partition coefficient (Wildman–Crippen LogP) is 2.32. The number of benzene rings is 1. The number of hydrogen-bond acceptors (Lipinski definition) is 6. The average Bonchev–Trinajstić information content (AvgIpc) is 2.83. The molecule has 1 N–H and O–H groups in total. The fourth-order valence-electron chi connectivity index (χ4n) is 3.23. The number of hydrogen-bond donors (Lipinski definition) is 1. The first kappa shape index (κ1) is 17.1. The molecule has 2 atom stereocenters. The van der Waals surface area contributed by atoms with Crippen molar-refractivity contribution < 1.29 is 12.6 Å². The van der Waals surface area contributed by atoms with Crippen molar-refractivity contribution in [3.8, 4) is 0 Å². The van der Waals surface area contributed by atoms with Gasteiger partial charge in [-0.2, -0.15) is 8.42 Å². The van der Waals surface area contributed by atoms with Gasteiger partial charge in [-0.05, 0) is 18.2 Å². The summed E-state index contributed by atoms with van der Waals surface area (Å²) in [6.45, 7) is 1.50. The molecule has 0 bridgehead atoms. The summed E-state index contributed by atoms with van der Waals surface area (Å²) in [7, 11) is -3.83. The molecule has 2 aliphatic heterocycles. The number of nitrogens with zero attached hydrogens (tertiary/aromatic N) is 2. The second-order valence-corrected chi connectivity index (χ2v) is 8.51. The zero-order valence-electron chi connectivity index (χ0n) is 13.0. The average molecular weight is 400 g/mol. The Balaban J connectivity index is 1.58. The number of nitrogens with one attached hydrogen (secondary N) is 1. The monoisotopic (exact) mass is 399 g/mol. The number of halogens is 2. The molecule has 9 heteroatoms. The van der Waals surface area contributed by atoms with Crippen molar-refractivity contribution in [1.82, 2.24) is 10.3 Å². The van der Waals surface area contributed by atoms with Crippen molar-refractivity contribution in [1.29, 1.82) is 0 Å². The Labute approximate surface area is 155 Å². The molecule has 2 saturated heterocycles. The summed E-state index contributed by atoms with van der Waals surface area (Å²) in [5.41, 5.74) is -0.00785. The van der Waals surface area contributed by atoms with Crippen LogP contribution in [0.3, 0.4) is 0 Å². The van der Waals surface area contributed by atoms with Gasteiger partial charge in [0, 0.05) is 13.1 Å². The van der Waals surface area contributed by atoms with Crippen LogP contribution in [0.5, 0.6) is 0 Å². The summed E-state index contributed by atoms with van der Waals surface area (Å²) in [5, 5.41) is 3.84. The molecule has 0 unspecified atom stereocenters. The van der Waals surface area contributed by atoms with Crippen molar-refractivity contribution in [2.24, 2.45) is 0 Å². The summed E-state index contributed by atoms with van der Waals surface area (Å²) >= 11 is 11.9. The fraction of sp³-hybridized carbons (Fsp3) is 0.312. The predicted molar refractivity (Wildman–Crippen MR) is 95.7 cm³/mol. The topological polar surface area (TPSA) is 71.5 Å². The largest absolute Gasteiger partial charge is 0.365 e. The molecule has 3 heterocycles. The third-order valence-corrected chi connectivity index (χ3v) is 6.69. The molecular formula is C16H15Cl2N3O3S. The van der Waals surface area contributed by atoms with Crippen LogP contribution in [0, 0.1) is 0 Å². The van der Waals surface area contributed by atoms with Crippen LogP contribution < -0.4 is 10.2 Å². The molecule has 0 spiro atoms. The van der Waals surface area contributed by atoms with E-state index in [9.17, 15) is 8.42 Å². The summed E-state index contributed by atoms with van der Waals surface area (Å²) in [5.74, 6) is 0. The highest BCUT2D eigenvalue weighted by Crippen LogP contribution is 2.38. The van der Waals surface area contributed by atoms with Gasteiger partial charge in [-0.25, -0.2) is 4.98 Å². The minimum absolute atomic E-state index is 0.0829. The van der Waals surface area contributed by atoms with E-state index < -0.39 is 15.7 Å². The van der Waals surface area contributed by atoms with Crippen molar-refractivity contribution in [2.75, 3.05) is 24.5 Å². The van der Waals surface area contributed by atoms with Crippen LogP contribution in [0.4, 0.5) is 5.69 Å². The van der Waals surface area contributed by atoms with Gasteiger partial charge in [-0.3, -0.25) is 4.18 Å². The van der Waals surface area contributed by atoms with Gasteiger partial charge in [-0.15, -0.1) is 0 Å². The minimum atomic E-state index is -3.83. The van der Waals surface area contributed by atoms with E-state index >= 15 is 0 Å². The second kappa shape index (κ2) is 6.10. The summed E-state index contributed by atoms with van der Waals surface area (Å²) in [6.07, 6.45) is 1.62. The normalized spacial score (nSPS) is 25.5. The lowest BCUT2D eigenvalue weighted by Crippen LogP contribution is -2.69. The third kappa shape index (κ3) is 3.00. The van der Waals surface area contributed by atoms with Gasteiger partial charge in [0.15, 0.2) is 0 Å². The Morgan fingerprint density at radius 3 is 2.68 bits per heavy atom. The van der Waals surface area contributed by atoms with E-state index in [0.717, 1.165) is 5.69 Å². The Morgan fingerprint density at radius 1 is 1.28 bits per heavy atom. The number of aromatic nitrogens is 1. The summed E-state index contributed by atoms with van der Waals surface area (Å²) in [4.78, 5) is 6.21. The van der Waals surface area contributed by atoms with Crippen LogP contribution >= 0.6 is 23.2 Å². The molecule has 0 amide bonds. The molecule has 132 valence electrons. The highest BCUT2D eigenvalue weighted by molar-refractivity contribution is 7.86. The van der Waals surface area contributed by atoms with E-state index in [1.54, 1.807) is 30.5 Å². The molecule has 0 radical (unpaired) electrons. The van der Waals surface area contributed by atoms with Gasteiger partial charge in [0.25, 0.3) is 10.1 Å². The van der Waals surface area contributed by atoms with Crippen molar-refractivity contribution in [3.63, 3.8) is 0 Å². The van der Waals surface area contributed by atoms with E-state index in [-0.39, 0.29) is 16.1 Å². The van der Waals surface area contributed by atoms with Crippen molar-refractivity contribution in [2.45, 2.75) is 16.5 Å². The zero-order valence-corrected chi connectivity index (χ0v) is 15.4. The Hall–Kier alpha value is -1.38. The molecule has 25 heavy (non-hydrogen) atoms. The fourth-order valence-corrected chi connectivity index (χ4v) is 4.74. The molecular weight excluding hydrogens is 385 g/mol. The van der Waals surface area contributed by atoms with Crippen LogP contribution in [0.25, 0.3) is 0 Å². The van der Waals surface area contributed by atoms with E-state index in [2.05, 4.69) is 10.3 Å². The first-order valence-electron chi connectivity index (χ1n) is 7.70. The van der Waals surface area contributed by atoms with Gasteiger partial charge in [0.2, 0.25) is 0 Å². The number of pyridine rings is 1. The molecule has 2 aliphatic rings. The summed E-state index contributed by atoms with van der Waals surface area (Å²) < 4.78 is 30.9. The zero-order chi connectivity index (χ0) is 17.7. The summed E-state index contributed by atoms with van der Waals surface area (Å²) in [6, 6.07) is 9.81. The van der Waals surface area contributed by atoms with Gasteiger partial charge in [0.05, 0.1) is 34.4 Å². The lowest BCUT2D eigenvalue weighted by atomic mass is 9.90. The Morgan fingerprint density at radius 2 is 2.04 bits per heavy atom. The molecule has 0 saturated carbocycles. The first-order chi connectivity index (χ1) is 11.9. The maximum Gasteiger partial charge on any atom is 0.297 e. The molecule has 1 aromatic carbocycles. The Bertz CT molecular complexity index is 910. The quantitative estimate of drug-likeness (QED) is 0.628. The van der Waals surface area contributed by atoms with Crippen LogP contribution in [-0.2, 0) is 14.3 Å². The Kier molecular flexibility index (Phi) is 4.16. The van der Waals surface area contributed by atoms with E-state index in [1.807, 2.05) is 4.90 Å². The molecule has 1 aromatic heterocycles. The highest BCUT2D eigenvalue weighted by atomic mass is 35.5. The van der Waals surface area contributed by atoms with Crippen LogP contribution in [0.15, 0.2) is 47.5 Å². The number of fused-ring (bicyclic) bond motifs is 1. The molecule has 4 rings (SSSR count). The van der Waals surface area contributed by atoms with Crippen molar-refractivity contribution >= 4 is 39.0 Å². The van der Waals surface area contributed by atoms with Crippen molar-refractivity contribution in [3.05, 3.63) is 52.8 Å². The second-order valence-electron chi connectivity index (χ2n) is 6.20. The first-order valence-corrected chi connectivity index (χ1v) is 9.86. The lowest BCUT2D eigenvalue weighted by molar-refractivity contribution is 0.00892. The van der Waals surface area contributed by atoms with Crippen LogP contribution in [0.2, 0.25) is 10.2 Å². The van der Waals surface area contributed by atoms with Crippen LogP contribution in [0.1, 0.15) is 0 Å². The minimum Gasteiger partial charge on any atom is -0.365 e. The van der Waals surface area contributed by atoms with E-state index in [1.165, 1.54) is 12.1 Å². The molecule has 6 nitrogen and oxygen atoms in total. The maximum atomic E-state index is 12.6. The highest BCUT2D eigenvalue weighted by Gasteiger charge is 2.57. The number of anilines is 1. The van der Waals surface area contributed by atoms with Crippen LogP contribution in [-0.4, -0.2) is 44.7 Å². The SMILES string of the molecule is O=S(=O)(O[C@]12CN[C@@H]1CN(c1cnc(Cl)c(Cl)c1)C2)c1ccccc1. The third-order valence-electron chi connectivity index (χ3n) is 4.60. The van der Waals surface area contributed by atoms with Gasteiger partial charge >= 0.3 is 0 Å². The molecule has 0 aliphatic carbocycles. The van der Waals surface area contributed by atoms with E-state index in [4.69, 9.17) is 27.4 Å². The standard InChI is InChI=1S/C16H15Cl2N3O3S/c17-13-6-11(7-19-15(13)18)21-8-14-16(10-21,9-20-14)24-25(22,23)12-4-2-1-3-5-12/h1-7,14,20H,8-10H2/t14-,16+/m1/s1. The maximum absolute atomic E-state index is 12.6. The molecule has 2 aromatic rings. The smallest absolute Gasteiger partial charge is 0.297 e. The number of rotatable bonds is 4. The van der Waals surface area contributed by atoms with E-state index in [0.29, 0.717) is 24.7 Å². The van der Waals surface area contributed by atoms with Gasteiger partial charge < -0.3 is 10.2 Å². The molecule has 2 fully saturated rings.